The molecule has 0 spiro atoms. The van der Waals surface area contributed by atoms with Crippen LogP contribution in [-0.2, 0) is 24.2 Å². The summed E-state index contributed by atoms with van der Waals surface area (Å²) in [6, 6.07) is 16.2. The Bertz CT molecular complexity index is 1160. The van der Waals surface area contributed by atoms with Crippen molar-refractivity contribution in [1.29, 1.82) is 0 Å². The van der Waals surface area contributed by atoms with Crippen molar-refractivity contribution >= 4 is 16.9 Å². The van der Waals surface area contributed by atoms with Gasteiger partial charge in [-0.05, 0) is 44.0 Å². The second kappa shape index (κ2) is 7.95. The fourth-order valence-electron chi connectivity index (χ4n) is 3.66. The van der Waals surface area contributed by atoms with E-state index in [4.69, 9.17) is 4.42 Å². The molecule has 2 aromatic heterocycles. The minimum absolute atomic E-state index is 0.0291. The van der Waals surface area contributed by atoms with Crippen LogP contribution in [0, 0.1) is 13.8 Å². The molecule has 0 saturated carbocycles. The Morgan fingerprint density at radius 3 is 2.69 bits per heavy atom. The normalized spacial score (nSPS) is 11.1. The average Bonchev–Trinajstić information content (AvgIpc) is 3.26. The standard InChI is InChI=1S/C24H25N3O2/c1-4-18-10-11-21-19(15-29-23(21)12-18)13-24(28)25-14-22-16(2)26-27(17(22)3)20-8-6-5-7-9-20/h5-12,15H,4,13-14H2,1-3H3,(H,25,28). The molecule has 1 amide bonds. The number of rotatable bonds is 6. The van der Waals surface area contributed by atoms with E-state index in [0.717, 1.165) is 45.6 Å². The van der Waals surface area contributed by atoms with Gasteiger partial charge in [0.15, 0.2) is 0 Å². The number of para-hydroxylation sites is 1. The summed E-state index contributed by atoms with van der Waals surface area (Å²) in [5, 5.41) is 8.68. The molecule has 0 radical (unpaired) electrons. The molecule has 2 aromatic carbocycles. The number of hydrogen-bond donors (Lipinski definition) is 1. The third kappa shape index (κ3) is 3.81. The summed E-state index contributed by atoms with van der Waals surface area (Å²) >= 11 is 0. The third-order valence-corrected chi connectivity index (χ3v) is 5.38. The Hall–Kier alpha value is -3.34. The Kier molecular flexibility index (Phi) is 5.21. The lowest BCUT2D eigenvalue weighted by Gasteiger charge is -2.07. The van der Waals surface area contributed by atoms with Gasteiger partial charge in [-0.1, -0.05) is 37.3 Å². The summed E-state index contributed by atoms with van der Waals surface area (Å²) in [6.45, 7) is 6.58. The van der Waals surface area contributed by atoms with E-state index < -0.39 is 0 Å². The molecule has 1 N–H and O–H groups in total. The largest absolute Gasteiger partial charge is 0.464 e. The molecule has 0 saturated heterocycles. The molecule has 0 bridgehead atoms. The van der Waals surface area contributed by atoms with E-state index in [-0.39, 0.29) is 5.91 Å². The van der Waals surface area contributed by atoms with Crippen LogP contribution in [0.3, 0.4) is 0 Å². The lowest BCUT2D eigenvalue weighted by atomic mass is 10.1. The number of hydrogen-bond acceptors (Lipinski definition) is 3. The molecule has 0 aliphatic heterocycles. The Morgan fingerprint density at radius 2 is 1.93 bits per heavy atom. The third-order valence-electron chi connectivity index (χ3n) is 5.38. The van der Waals surface area contributed by atoms with Crippen LogP contribution in [0.1, 0.15) is 35.0 Å². The van der Waals surface area contributed by atoms with E-state index in [1.165, 1.54) is 5.56 Å². The summed E-state index contributed by atoms with van der Waals surface area (Å²) in [5.41, 5.74) is 7.00. The number of furan rings is 1. The summed E-state index contributed by atoms with van der Waals surface area (Å²) in [4.78, 5) is 12.6. The van der Waals surface area contributed by atoms with Crippen molar-refractivity contribution in [3.05, 3.63) is 82.9 Å². The highest BCUT2D eigenvalue weighted by Gasteiger charge is 2.15. The van der Waals surface area contributed by atoms with Crippen molar-refractivity contribution < 1.29 is 9.21 Å². The maximum atomic E-state index is 12.6. The topological polar surface area (TPSA) is 60.1 Å². The Morgan fingerprint density at radius 1 is 1.14 bits per heavy atom. The van der Waals surface area contributed by atoms with E-state index >= 15 is 0 Å². The van der Waals surface area contributed by atoms with Gasteiger partial charge in [0, 0.05) is 28.8 Å². The highest BCUT2D eigenvalue weighted by molar-refractivity contribution is 5.88. The van der Waals surface area contributed by atoms with Gasteiger partial charge >= 0.3 is 0 Å². The van der Waals surface area contributed by atoms with Gasteiger partial charge in [-0.25, -0.2) is 4.68 Å². The van der Waals surface area contributed by atoms with Crippen LogP contribution in [0.2, 0.25) is 0 Å². The SMILES string of the molecule is CCc1ccc2c(CC(=O)NCc3c(C)nn(-c4ccccc4)c3C)coc2c1. The molecule has 4 aromatic rings. The number of aromatic nitrogens is 2. The second-order valence-corrected chi connectivity index (χ2v) is 7.30. The molecule has 0 aliphatic rings. The van der Waals surface area contributed by atoms with E-state index in [0.29, 0.717) is 13.0 Å². The zero-order valence-electron chi connectivity index (χ0n) is 17.0. The second-order valence-electron chi connectivity index (χ2n) is 7.30. The van der Waals surface area contributed by atoms with E-state index in [1.807, 2.05) is 61.0 Å². The smallest absolute Gasteiger partial charge is 0.224 e. The maximum absolute atomic E-state index is 12.6. The van der Waals surface area contributed by atoms with Crippen molar-refractivity contribution in [3.8, 4) is 5.69 Å². The van der Waals surface area contributed by atoms with Crippen LogP contribution in [0.15, 0.2) is 59.2 Å². The lowest BCUT2D eigenvalue weighted by Crippen LogP contribution is -2.25. The predicted molar refractivity (Wildman–Crippen MR) is 114 cm³/mol. The molecular formula is C24H25N3O2. The van der Waals surface area contributed by atoms with Crippen LogP contribution >= 0.6 is 0 Å². The first-order valence-corrected chi connectivity index (χ1v) is 9.93. The van der Waals surface area contributed by atoms with Gasteiger partial charge in [0.2, 0.25) is 5.91 Å². The monoisotopic (exact) mass is 387 g/mol. The fraction of sp³-hybridized carbons (Fsp3) is 0.250. The molecule has 148 valence electrons. The van der Waals surface area contributed by atoms with Crippen LogP contribution in [0.5, 0.6) is 0 Å². The maximum Gasteiger partial charge on any atom is 0.224 e. The molecule has 4 rings (SSSR count). The zero-order valence-corrected chi connectivity index (χ0v) is 17.0. The number of nitrogens with one attached hydrogen (secondary N) is 1. The summed E-state index contributed by atoms with van der Waals surface area (Å²) in [5.74, 6) is -0.0291. The predicted octanol–water partition coefficient (Wildman–Crippen LogP) is 4.66. The van der Waals surface area contributed by atoms with Crippen LogP contribution in [0.25, 0.3) is 16.7 Å². The number of amides is 1. The van der Waals surface area contributed by atoms with Gasteiger partial charge in [0.25, 0.3) is 0 Å². The first-order valence-electron chi connectivity index (χ1n) is 9.93. The number of nitrogens with zero attached hydrogens (tertiary/aromatic N) is 2. The first-order chi connectivity index (χ1) is 14.1. The molecule has 5 nitrogen and oxygen atoms in total. The zero-order chi connectivity index (χ0) is 20.4. The molecule has 29 heavy (non-hydrogen) atoms. The summed E-state index contributed by atoms with van der Waals surface area (Å²) in [6.07, 6.45) is 2.94. The molecule has 0 aliphatic carbocycles. The van der Waals surface area contributed by atoms with Gasteiger partial charge < -0.3 is 9.73 Å². The van der Waals surface area contributed by atoms with E-state index in [1.54, 1.807) is 6.26 Å². The van der Waals surface area contributed by atoms with Crippen LogP contribution in [0.4, 0.5) is 0 Å². The quantitative estimate of drug-likeness (QED) is 0.524. The Balaban J connectivity index is 1.46. The van der Waals surface area contributed by atoms with Crippen molar-refractivity contribution in [2.45, 2.75) is 40.2 Å². The van der Waals surface area contributed by atoms with Crippen molar-refractivity contribution in [1.82, 2.24) is 15.1 Å². The fourth-order valence-corrected chi connectivity index (χ4v) is 3.66. The van der Waals surface area contributed by atoms with Crippen LogP contribution in [-0.4, -0.2) is 15.7 Å². The molecule has 0 atom stereocenters. The van der Waals surface area contributed by atoms with Gasteiger partial charge in [-0.15, -0.1) is 0 Å². The minimum atomic E-state index is -0.0291. The number of benzene rings is 2. The molecule has 0 unspecified atom stereocenters. The number of carbonyl (C=O) groups is 1. The molecular weight excluding hydrogens is 362 g/mol. The van der Waals surface area contributed by atoms with Gasteiger partial charge in [0.1, 0.15) is 5.58 Å². The molecule has 0 fully saturated rings. The summed E-state index contributed by atoms with van der Waals surface area (Å²) in [7, 11) is 0. The first kappa shape index (κ1) is 19.0. The van der Waals surface area contributed by atoms with Gasteiger partial charge in [-0.2, -0.15) is 5.10 Å². The van der Waals surface area contributed by atoms with Crippen molar-refractivity contribution in [2.24, 2.45) is 0 Å². The molecule has 5 heteroatoms. The van der Waals surface area contributed by atoms with Gasteiger partial charge in [-0.3, -0.25) is 4.79 Å². The highest BCUT2D eigenvalue weighted by atomic mass is 16.3. The van der Waals surface area contributed by atoms with Crippen molar-refractivity contribution in [3.63, 3.8) is 0 Å². The van der Waals surface area contributed by atoms with Crippen LogP contribution < -0.4 is 5.32 Å². The van der Waals surface area contributed by atoms with Gasteiger partial charge in [0.05, 0.1) is 24.1 Å². The lowest BCUT2D eigenvalue weighted by molar-refractivity contribution is -0.120. The number of fused-ring (bicyclic) bond motifs is 1. The minimum Gasteiger partial charge on any atom is -0.464 e. The highest BCUT2D eigenvalue weighted by Crippen LogP contribution is 2.23. The average molecular weight is 387 g/mol. The van der Waals surface area contributed by atoms with Crippen molar-refractivity contribution in [2.75, 3.05) is 0 Å². The Labute approximate surface area is 170 Å². The molecule has 2 heterocycles. The summed E-state index contributed by atoms with van der Waals surface area (Å²) < 4.78 is 7.57. The van der Waals surface area contributed by atoms with E-state index in [9.17, 15) is 4.79 Å². The van der Waals surface area contributed by atoms with E-state index in [2.05, 4.69) is 23.4 Å². The number of aryl methyl sites for hydroxylation is 2. The number of carbonyl (C=O) groups excluding carboxylic acids is 1.